The van der Waals surface area contributed by atoms with E-state index in [1.54, 1.807) is 12.1 Å². The Hall–Kier alpha value is -4.25. The average molecular weight is 449 g/mol. The van der Waals surface area contributed by atoms with Crippen molar-refractivity contribution < 1.29 is 14.0 Å². The first kappa shape index (κ1) is 21.6. The lowest BCUT2D eigenvalue weighted by molar-refractivity contribution is -0.120. The summed E-state index contributed by atoms with van der Waals surface area (Å²) in [4.78, 5) is 30.8. The third-order valence-electron chi connectivity index (χ3n) is 5.95. The molecule has 34 heavy (non-hydrogen) atoms. The largest absolute Gasteiger partial charge is 0.434 e. The lowest BCUT2D eigenvalue weighted by atomic mass is 10.00. The maximum Gasteiger partial charge on any atom is 0.266 e. The van der Waals surface area contributed by atoms with Gasteiger partial charge in [-0.25, -0.2) is 4.98 Å². The van der Waals surface area contributed by atoms with Crippen LogP contribution in [-0.4, -0.2) is 22.7 Å². The topological polar surface area (TPSA) is 72.2 Å². The fourth-order valence-electron chi connectivity index (χ4n) is 4.22. The number of para-hydroxylation sites is 2. The van der Waals surface area contributed by atoms with Crippen molar-refractivity contribution in [3.8, 4) is 0 Å². The molecule has 0 fully saturated rings. The number of carbonyl (C=O) groups is 2. The summed E-state index contributed by atoms with van der Waals surface area (Å²) in [6.07, 6.45) is 1.28. The van der Waals surface area contributed by atoms with Crippen LogP contribution in [-0.2, 0) is 17.6 Å². The summed E-state index contributed by atoms with van der Waals surface area (Å²) >= 11 is 0. The number of nitrogens with one attached hydrogen (secondary N) is 1. The molecule has 4 aromatic carbocycles. The van der Waals surface area contributed by atoms with E-state index in [0.29, 0.717) is 23.9 Å². The molecule has 168 valence electrons. The summed E-state index contributed by atoms with van der Waals surface area (Å²) < 4.78 is 5.71. The number of aromatic nitrogens is 1. The van der Waals surface area contributed by atoms with Gasteiger partial charge in [0.1, 0.15) is 5.52 Å². The summed E-state index contributed by atoms with van der Waals surface area (Å²) in [6.45, 7) is 0. The van der Waals surface area contributed by atoms with Crippen molar-refractivity contribution in [3.05, 3.63) is 114 Å². The fraction of sp³-hybridized carbons (Fsp3) is 0.138. The van der Waals surface area contributed by atoms with E-state index >= 15 is 0 Å². The number of rotatable bonds is 8. The summed E-state index contributed by atoms with van der Waals surface area (Å²) in [6, 6.07) is 30.3. The zero-order chi connectivity index (χ0) is 23.3. The molecular formula is C29H24N2O3. The van der Waals surface area contributed by atoms with Gasteiger partial charge in [0.25, 0.3) is 5.89 Å². The molecule has 0 radical (unpaired) electrons. The van der Waals surface area contributed by atoms with E-state index in [1.165, 1.54) is 0 Å². The maximum absolute atomic E-state index is 13.4. The quantitative estimate of drug-likeness (QED) is 0.317. The molecule has 5 heteroatoms. The number of nitrogens with zero attached hydrogens (tertiary/aromatic N) is 1. The number of aryl methyl sites for hydroxylation is 1. The highest BCUT2D eigenvalue weighted by Gasteiger charge is 2.26. The number of fused-ring (bicyclic) bond motifs is 2. The molecule has 5 rings (SSSR count). The Morgan fingerprint density at radius 1 is 0.824 bits per heavy atom. The Balaban J connectivity index is 1.37. The van der Waals surface area contributed by atoms with Crippen LogP contribution in [0.25, 0.3) is 21.9 Å². The van der Waals surface area contributed by atoms with Crippen molar-refractivity contribution in [2.45, 2.75) is 25.3 Å². The van der Waals surface area contributed by atoms with Crippen molar-refractivity contribution in [3.63, 3.8) is 0 Å². The van der Waals surface area contributed by atoms with E-state index < -0.39 is 6.04 Å². The minimum Gasteiger partial charge on any atom is -0.434 e. The Bertz CT molecular complexity index is 1420. The second-order valence-electron chi connectivity index (χ2n) is 8.31. The monoisotopic (exact) mass is 448 g/mol. The number of carbonyl (C=O) groups excluding carboxylic acids is 2. The summed E-state index contributed by atoms with van der Waals surface area (Å²) in [5, 5.41) is 5.07. The molecular weight excluding hydrogens is 424 g/mol. The number of Topliss-reactive ketones (excluding diaryl/α,β-unsaturated/α-hetero) is 1. The molecule has 5 nitrogen and oxygen atoms in total. The lowest BCUT2D eigenvalue weighted by Gasteiger charge is -2.17. The molecule has 0 saturated carbocycles. The first-order valence-electron chi connectivity index (χ1n) is 11.4. The number of amides is 1. The molecule has 0 saturated heterocycles. The van der Waals surface area contributed by atoms with Crippen LogP contribution in [0.4, 0.5) is 0 Å². The van der Waals surface area contributed by atoms with Crippen LogP contribution >= 0.6 is 0 Å². The van der Waals surface area contributed by atoms with Crippen LogP contribution in [0, 0.1) is 0 Å². The van der Waals surface area contributed by atoms with Crippen molar-refractivity contribution >= 4 is 33.6 Å². The lowest BCUT2D eigenvalue weighted by Crippen LogP contribution is -2.42. The predicted molar refractivity (Wildman–Crippen MR) is 133 cm³/mol. The first-order valence-corrected chi connectivity index (χ1v) is 11.4. The van der Waals surface area contributed by atoms with E-state index in [0.717, 1.165) is 21.9 Å². The van der Waals surface area contributed by atoms with Gasteiger partial charge in [0.05, 0.1) is 12.5 Å². The van der Waals surface area contributed by atoms with Crippen LogP contribution < -0.4 is 5.32 Å². The molecule has 0 spiro atoms. The van der Waals surface area contributed by atoms with Gasteiger partial charge in [-0.2, -0.15) is 0 Å². The average Bonchev–Trinajstić information content (AvgIpc) is 3.31. The van der Waals surface area contributed by atoms with Crippen LogP contribution in [0.15, 0.2) is 101 Å². The van der Waals surface area contributed by atoms with Crippen molar-refractivity contribution in [2.24, 2.45) is 0 Å². The molecule has 0 aliphatic carbocycles. The van der Waals surface area contributed by atoms with Gasteiger partial charge < -0.3 is 9.73 Å². The molecule has 1 atom stereocenters. The van der Waals surface area contributed by atoms with Crippen LogP contribution in [0.5, 0.6) is 0 Å². The second kappa shape index (κ2) is 9.71. The highest BCUT2D eigenvalue weighted by atomic mass is 16.4. The molecule has 1 heterocycles. The van der Waals surface area contributed by atoms with Crippen molar-refractivity contribution in [1.82, 2.24) is 10.3 Å². The molecule has 1 amide bonds. The van der Waals surface area contributed by atoms with Gasteiger partial charge in [0.2, 0.25) is 11.7 Å². The van der Waals surface area contributed by atoms with Gasteiger partial charge in [0, 0.05) is 0 Å². The SMILES string of the molecule is O=C(Cc1cccc2ccccc12)N[C@@H](CCc1ccccc1)C(=O)c1nc2ccccc2o1. The zero-order valence-corrected chi connectivity index (χ0v) is 18.6. The molecule has 1 aromatic heterocycles. The summed E-state index contributed by atoms with van der Waals surface area (Å²) in [7, 11) is 0. The number of oxazole rings is 1. The molecule has 0 bridgehead atoms. The number of hydrogen-bond donors (Lipinski definition) is 1. The molecule has 0 aliphatic rings. The summed E-state index contributed by atoms with van der Waals surface area (Å²) in [5.74, 6) is -0.512. The minimum absolute atomic E-state index is 0.0183. The van der Waals surface area contributed by atoms with Gasteiger partial charge in [-0.3, -0.25) is 9.59 Å². The van der Waals surface area contributed by atoms with Gasteiger partial charge in [-0.1, -0.05) is 84.9 Å². The standard InChI is InChI=1S/C29H24N2O3/c32-27(19-22-13-8-12-21-11-4-5-14-23(21)22)30-25(18-17-20-9-2-1-3-10-20)28(33)29-31-24-15-6-7-16-26(24)34-29/h1-16,25H,17-19H2,(H,30,32)/t25-/m0/s1. The van der Waals surface area contributed by atoms with E-state index in [1.807, 2.05) is 84.9 Å². The normalized spacial score (nSPS) is 12.0. The van der Waals surface area contributed by atoms with Gasteiger partial charge in [-0.05, 0) is 46.9 Å². The first-order chi connectivity index (χ1) is 16.7. The number of benzene rings is 4. The zero-order valence-electron chi connectivity index (χ0n) is 18.6. The Morgan fingerprint density at radius 3 is 2.41 bits per heavy atom. The third-order valence-corrected chi connectivity index (χ3v) is 5.95. The number of hydrogen-bond acceptors (Lipinski definition) is 4. The van der Waals surface area contributed by atoms with Crippen LogP contribution in [0.1, 0.15) is 28.2 Å². The van der Waals surface area contributed by atoms with Gasteiger partial charge in [-0.15, -0.1) is 0 Å². The molecule has 1 N–H and O–H groups in total. The van der Waals surface area contributed by atoms with Crippen LogP contribution in [0.2, 0.25) is 0 Å². The van der Waals surface area contributed by atoms with E-state index in [-0.39, 0.29) is 24.0 Å². The Labute approximate surface area is 197 Å². The minimum atomic E-state index is -0.740. The van der Waals surface area contributed by atoms with Gasteiger partial charge >= 0.3 is 0 Å². The van der Waals surface area contributed by atoms with E-state index in [4.69, 9.17) is 4.42 Å². The Morgan fingerprint density at radius 2 is 1.56 bits per heavy atom. The van der Waals surface area contributed by atoms with Crippen LogP contribution in [0.3, 0.4) is 0 Å². The highest BCUT2D eigenvalue weighted by Crippen LogP contribution is 2.20. The van der Waals surface area contributed by atoms with Crippen molar-refractivity contribution in [1.29, 1.82) is 0 Å². The maximum atomic E-state index is 13.4. The Kier molecular flexibility index (Phi) is 6.17. The summed E-state index contributed by atoms with van der Waals surface area (Å²) in [5.41, 5.74) is 3.19. The van der Waals surface area contributed by atoms with E-state index in [9.17, 15) is 9.59 Å². The van der Waals surface area contributed by atoms with E-state index in [2.05, 4.69) is 10.3 Å². The highest BCUT2D eigenvalue weighted by molar-refractivity contribution is 6.00. The molecule has 0 aliphatic heterocycles. The number of ketones is 1. The third kappa shape index (κ3) is 4.74. The predicted octanol–water partition coefficient (Wildman–Crippen LogP) is 5.52. The molecule has 0 unspecified atom stereocenters. The van der Waals surface area contributed by atoms with Crippen molar-refractivity contribution in [2.75, 3.05) is 0 Å². The fourth-order valence-corrected chi connectivity index (χ4v) is 4.22. The molecule has 5 aromatic rings. The second-order valence-corrected chi connectivity index (χ2v) is 8.31. The van der Waals surface area contributed by atoms with Gasteiger partial charge in [0.15, 0.2) is 5.58 Å². The smallest absolute Gasteiger partial charge is 0.266 e.